The number of nitrogens with zero attached hydrogens (tertiary/aromatic N) is 1. The van der Waals surface area contributed by atoms with Crippen molar-refractivity contribution in [2.24, 2.45) is 5.14 Å². The minimum absolute atomic E-state index is 0.0273. The lowest BCUT2D eigenvalue weighted by molar-refractivity contribution is -0.129. The highest BCUT2D eigenvalue weighted by molar-refractivity contribution is 7.89. The number of hydrogen-bond donors (Lipinski definition) is 1. The SMILES string of the molecule is Cc1c(OCCC(=O)N(C)C)ccc(S(N)(=O)=O)c1C. The van der Waals surface area contributed by atoms with Crippen LogP contribution in [-0.2, 0) is 14.8 Å². The van der Waals surface area contributed by atoms with E-state index in [-0.39, 0.29) is 23.8 Å². The number of primary sulfonamides is 1. The molecule has 1 aromatic carbocycles. The first-order chi connectivity index (χ1) is 9.14. The van der Waals surface area contributed by atoms with Crippen LogP contribution in [0.15, 0.2) is 17.0 Å². The number of carbonyl (C=O) groups is 1. The highest BCUT2D eigenvalue weighted by Gasteiger charge is 2.15. The van der Waals surface area contributed by atoms with E-state index in [1.807, 2.05) is 0 Å². The number of ether oxygens (including phenoxy) is 1. The molecule has 0 saturated carbocycles. The molecule has 20 heavy (non-hydrogen) atoms. The van der Waals surface area contributed by atoms with Gasteiger partial charge in [-0.3, -0.25) is 4.79 Å². The molecule has 2 N–H and O–H groups in total. The number of carbonyl (C=O) groups excluding carboxylic acids is 1. The topological polar surface area (TPSA) is 89.7 Å². The largest absolute Gasteiger partial charge is 0.493 e. The van der Waals surface area contributed by atoms with Crippen LogP contribution in [-0.4, -0.2) is 39.9 Å². The predicted molar refractivity (Wildman–Crippen MR) is 76.1 cm³/mol. The van der Waals surface area contributed by atoms with Crippen molar-refractivity contribution in [3.63, 3.8) is 0 Å². The van der Waals surface area contributed by atoms with Crippen LogP contribution >= 0.6 is 0 Å². The van der Waals surface area contributed by atoms with Gasteiger partial charge in [-0.2, -0.15) is 0 Å². The number of hydrogen-bond acceptors (Lipinski definition) is 4. The maximum Gasteiger partial charge on any atom is 0.238 e. The minimum atomic E-state index is -3.73. The minimum Gasteiger partial charge on any atom is -0.493 e. The van der Waals surface area contributed by atoms with Crippen LogP contribution in [0.2, 0.25) is 0 Å². The number of benzene rings is 1. The summed E-state index contributed by atoms with van der Waals surface area (Å²) in [5, 5.41) is 5.13. The van der Waals surface area contributed by atoms with Gasteiger partial charge in [0, 0.05) is 14.1 Å². The lowest BCUT2D eigenvalue weighted by Crippen LogP contribution is -2.23. The first-order valence-corrected chi connectivity index (χ1v) is 7.65. The first kappa shape index (κ1) is 16.5. The molecule has 112 valence electrons. The van der Waals surface area contributed by atoms with Crippen molar-refractivity contribution in [2.75, 3.05) is 20.7 Å². The molecule has 0 atom stereocenters. The van der Waals surface area contributed by atoms with Crippen LogP contribution in [0.4, 0.5) is 0 Å². The van der Waals surface area contributed by atoms with E-state index in [0.717, 1.165) is 0 Å². The average molecular weight is 300 g/mol. The van der Waals surface area contributed by atoms with E-state index < -0.39 is 10.0 Å². The number of sulfonamides is 1. The molecular formula is C13H20N2O4S. The third kappa shape index (κ3) is 3.94. The molecular weight excluding hydrogens is 280 g/mol. The van der Waals surface area contributed by atoms with Crippen molar-refractivity contribution in [1.29, 1.82) is 0 Å². The zero-order valence-electron chi connectivity index (χ0n) is 12.1. The van der Waals surface area contributed by atoms with Gasteiger partial charge in [0.25, 0.3) is 0 Å². The Kier molecular flexibility index (Phi) is 5.13. The van der Waals surface area contributed by atoms with E-state index in [1.54, 1.807) is 34.0 Å². The van der Waals surface area contributed by atoms with E-state index in [4.69, 9.17) is 9.88 Å². The van der Waals surface area contributed by atoms with Crippen molar-refractivity contribution >= 4 is 15.9 Å². The van der Waals surface area contributed by atoms with Crippen molar-refractivity contribution in [3.8, 4) is 5.75 Å². The van der Waals surface area contributed by atoms with Gasteiger partial charge < -0.3 is 9.64 Å². The van der Waals surface area contributed by atoms with E-state index >= 15 is 0 Å². The van der Waals surface area contributed by atoms with Gasteiger partial charge in [0.05, 0.1) is 17.9 Å². The zero-order valence-corrected chi connectivity index (χ0v) is 13.0. The summed E-state index contributed by atoms with van der Waals surface area (Å²) in [7, 11) is -0.376. The normalized spacial score (nSPS) is 11.2. The Morgan fingerprint density at radius 3 is 2.35 bits per heavy atom. The Morgan fingerprint density at radius 1 is 1.25 bits per heavy atom. The molecule has 0 spiro atoms. The Morgan fingerprint density at radius 2 is 1.85 bits per heavy atom. The molecule has 1 amide bonds. The number of amides is 1. The van der Waals surface area contributed by atoms with Gasteiger partial charge in [0.2, 0.25) is 15.9 Å². The molecule has 0 aliphatic rings. The Hall–Kier alpha value is -1.60. The molecule has 0 aromatic heterocycles. The van der Waals surface area contributed by atoms with E-state index in [2.05, 4.69) is 0 Å². The molecule has 0 radical (unpaired) electrons. The molecule has 0 aliphatic heterocycles. The van der Waals surface area contributed by atoms with Crippen molar-refractivity contribution < 1.29 is 17.9 Å². The molecule has 6 nitrogen and oxygen atoms in total. The quantitative estimate of drug-likeness (QED) is 0.871. The molecule has 0 bridgehead atoms. The maximum atomic E-state index is 11.4. The zero-order chi connectivity index (χ0) is 15.5. The summed E-state index contributed by atoms with van der Waals surface area (Å²) in [6.07, 6.45) is 0.266. The molecule has 0 saturated heterocycles. The van der Waals surface area contributed by atoms with Gasteiger partial charge >= 0.3 is 0 Å². The monoisotopic (exact) mass is 300 g/mol. The molecule has 0 heterocycles. The average Bonchev–Trinajstić information content (AvgIpc) is 2.32. The molecule has 1 rings (SSSR count). The Labute approximate surface area is 119 Å². The van der Waals surface area contributed by atoms with Gasteiger partial charge in [-0.15, -0.1) is 0 Å². The second-order valence-corrected chi connectivity index (χ2v) is 6.27. The summed E-state index contributed by atoms with van der Waals surface area (Å²) in [5.74, 6) is 0.530. The summed E-state index contributed by atoms with van der Waals surface area (Å²) in [5.41, 5.74) is 1.26. The van der Waals surface area contributed by atoms with Crippen LogP contribution in [0.1, 0.15) is 17.5 Å². The lowest BCUT2D eigenvalue weighted by atomic mass is 10.1. The fourth-order valence-electron chi connectivity index (χ4n) is 1.71. The summed E-state index contributed by atoms with van der Waals surface area (Å²) >= 11 is 0. The molecule has 0 aliphatic carbocycles. The molecule has 7 heteroatoms. The van der Waals surface area contributed by atoms with Gasteiger partial charge in [0.15, 0.2) is 0 Å². The van der Waals surface area contributed by atoms with Crippen LogP contribution in [0, 0.1) is 13.8 Å². The van der Waals surface area contributed by atoms with Gasteiger partial charge in [-0.05, 0) is 37.1 Å². The van der Waals surface area contributed by atoms with Crippen LogP contribution < -0.4 is 9.88 Å². The Bertz CT molecular complexity index is 609. The van der Waals surface area contributed by atoms with E-state index in [1.165, 1.54) is 11.0 Å². The highest BCUT2D eigenvalue weighted by Crippen LogP contribution is 2.26. The smallest absolute Gasteiger partial charge is 0.238 e. The fraction of sp³-hybridized carbons (Fsp3) is 0.462. The molecule has 0 unspecified atom stereocenters. The van der Waals surface area contributed by atoms with Crippen LogP contribution in [0.5, 0.6) is 5.75 Å². The maximum absolute atomic E-state index is 11.4. The predicted octanol–water partition coefficient (Wildman–Crippen LogP) is 0.808. The van der Waals surface area contributed by atoms with Crippen LogP contribution in [0.3, 0.4) is 0 Å². The molecule has 0 fully saturated rings. The number of nitrogens with two attached hydrogens (primary N) is 1. The number of rotatable bonds is 5. The van der Waals surface area contributed by atoms with Gasteiger partial charge in [0.1, 0.15) is 5.75 Å². The van der Waals surface area contributed by atoms with Crippen molar-refractivity contribution in [3.05, 3.63) is 23.3 Å². The first-order valence-electron chi connectivity index (χ1n) is 6.10. The molecule has 1 aromatic rings. The van der Waals surface area contributed by atoms with E-state index in [0.29, 0.717) is 16.9 Å². The van der Waals surface area contributed by atoms with Gasteiger partial charge in [-0.25, -0.2) is 13.6 Å². The second-order valence-electron chi connectivity index (χ2n) is 4.74. The summed E-state index contributed by atoms with van der Waals surface area (Å²) in [4.78, 5) is 13.0. The standard InChI is InChI=1S/C13H20N2O4S/c1-9-10(2)12(20(14,17)18)6-5-11(9)19-8-7-13(16)15(3)4/h5-6H,7-8H2,1-4H3,(H2,14,17,18). The van der Waals surface area contributed by atoms with Crippen molar-refractivity contribution in [2.45, 2.75) is 25.2 Å². The third-order valence-corrected chi connectivity index (χ3v) is 4.12. The third-order valence-electron chi connectivity index (χ3n) is 3.07. The summed E-state index contributed by atoms with van der Waals surface area (Å²) in [6.45, 7) is 3.67. The summed E-state index contributed by atoms with van der Waals surface area (Å²) in [6, 6.07) is 2.98. The van der Waals surface area contributed by atoms with E-state index in [9.17, 15) is 13.2 Å². The van der Waals surface area contributed by atoms with Crippen LogP contribution in [0.25, 0.3) is 0 Å². The second kappa shape index (κ2) is 6.23. The lowest BCUT2D eigenvalue weighted by Gasteiger charge is -2.14. The summed E-state index contributed by atoms with van der Waals surface area (Å²) < 4.78 is 28.3. The fourth-order valence-corrected chi connectivity index (χ4v) is 2.55. The van der Waals surface area contributed by atoms with Gasteiger partial charge in [-0.1, -0.05) is 0 Å². The van der Waals surface area contributed by atoms with Crippen molar-refractivity contribution in [1.82, 2.24) is 4.90 Å². The Balaban J connectivity index is 2.84. The highest BCUT2D eigenvalue weighted by atomic mass is 32.2.